The number of nitrogens with one attached hydrogen (secondary N) is 1. The molecule has 14 heteroatoms. The fourth-order valence-electron chi connectivity index (χ4n) is 4.77. The summed E-state index contributed by atoms with van der Waals surface area (Å²) in [6.07, 6.45) is -3.56. The Bertz CT molecular complexity index is 1170. The minimum absolute atomic E-state index is 0.0311. The number of rotatable bonds is 20. The van der Waals surface area contributed by atoms with Crippen molar-refractivity contribution in [2.24, 2.45) is 0 Å². The molecular formula is C33H47NO13. The summed E-state index contributed by atoms with van der Waals surface area (Å²) < 4.78 is 39.2. The summed E-state index contributed by atoms with van der Waals surface area (Å²) in [5, 5.41) is 2.82. The molecule has 0 spiro atoms. The molecule has 1 aromatic carbocycles. The fourth-order valence-corrected chi connectivity index (χ4v) is 4.77. The van der Waals surface area contributed by atoms with Crippen LogP contribution >= 0.6 is 0 Å². The van der Waals surface area contributed by atoms with Gasteiger partial charge in [0.2, 0.25) is 0 Å². The maximum atomic E-state index is 13.5. The highest BCUT2D eigenvalue weighted by molar-refractivity contribution is 5.84. The maximum Gasteiger partial charge on any atom is 0.306 e. The molecule has 0 aromatic heterocycles. The molecule has 1 N–H and O–H groups in total. The van der Waals surface area contributed by atoms with Crippen molar-refractivity contribution in [2.75, 3.05) is 20.3 Å². The average Bonchev–Trinajstić information content (AvgIpc) is 3.02. The third-order valence-electron chi connectivity index (χ3n) is 7.16. The van der Waals surface area contributed by atoms with Crippen LogP contribution in [0.15, 0.2) is 30.3 Å². The first-order valence-corrected chi connectivity index (χ1v) is 15.7. The average molecular weight is 666 g/mol. The SMILES string of the molecule is COC(=O)CCCCCO[C@H]1O[C@H](C)[C@@H](NC(=O)[C@@H](CCOC(C)=O)OC(C)=O)[C@H](OCc2ccccc2)[C@@H]1OC(=O)CCC(C)=O. The monoisotopic (exact) mass is 665 g/mol. The number of carbonyl (C=O) groups is 6. The Labute approximate surface area is 275 Å². The molecule has 1 amide bonds. The van der Waals surface area contributed by atoms with Crippen LogP contribution in [0, 0.1) is 0 Å². The predicted molar refractivity (Wildman–Crippen MR) is 164 cm³/mol. The van der Waals surface area contributed by atoms with Gasteiger partial charge in [0.1, 0.15) is 11.9 Å². The summed E-state index contributed by atoms with van der Waals surface area (Å²) in [7, 11) is 1.33. The summed E-state index contributed by atoms with van der Waals surface area (Å²) in [6, 6.07) is 8.29. The molecule has 0 saturated carbocycles. The molecule has 0 bridgehead atoms. The van der Waals surface area contributed by atoms with E-state index in [0.717, 1.165) is 12.5 Å². The second-order valence-electron chi connectivity index (χ2n) is 11.1. The van der Waals surface area contributed by atoms with Crippen molar-refractivity contribution >= 4 is 35.6 Å². The molecular weight excluding hydrogens is 618 g/mol. The Morgan fingerprint density at radius 3 is 2.19 bits per heavy atom. The van der Waals surface area contributed by atoms with Crippen LogP contribution in [-0.2, 0) is 68.5 Å². The topological polar surface area (TPSA) is 179 Å². The number of hydrogen-bond acceptors (Lipinski definition) is 13. The lowest BCUT2D eigenvalue weighted by molar-refractivity contribution is -0.285. The van der Waals surface area contributed by atoms with Gasteiger partial charge in [0.15, 0.2) is 18.5 Å². The fraction of sp³-hybridized carbons (Fsp3) is 0.636. The van der Waals surface area contributed by atoms with E-state index in [0.29, 0.717) is 19.3 Å². The molecule has 0 radical (unpaired) electrons. The van der Waals surface area contributed by atoms with Gasteiger partial charge in [-0.1, -0.05) is 36.8 Å². The van der Waals surface area contributed by atoms with Gasteiger partial charge in [-0.05, 0) is 32.3 Å². The molecule has 0 aliphatic carbocycles. The number of ketones is 1. The summed E-state index contributed by atoms with van der Waals surface area (Å²) >= 11 is 0. The molecule has 6 atom stereocenters. The van der Waals surface area contributed by atoms with Crippen molar-refractivity contribution < 1.29 is 61.9 Å². The lowest BCUT2D eigenvalue weighted by atomic mass is 9.95. The van der Waals surface area contributed by atoms with E-state index in [-0.39, 0.29) is 57.3 Å². The molecule has 1 heterocycles. The van der Waals surface area contributed by atoms with E-state index in [4.69, 9.17) is 28.4 Å². The van der Waals surface area contributed by atoms with Crippen molar-refractivity contribution in [3.05, 3.63) is 35.9 Å². The van der Waals surface area contributed by atoms with Gasteiger partial charge in [0.05, 0.1) is 38.9 Å². The molecule has 1 saturated heterocycles. The van der Waals surface area contributed by atoms with Crippen molar-refractivity contribution in [2.45, 2.75) is 116 Å². The molecule has 1 aromatic rings. The van der Waals surface area contributed by atoms with E-state index >= 15 is 0 Å². The van der Waals surface area contributed by atoms with Gasteiger partial charge in [0, 0.05) is 39.7 Å². The molecule has 262 valence electrons. The smallest absolute Gasteiger partial charge is 0.306 e. The van der Waals surface area contributed by atoms with Crippen LogP contribution < -0.4 is 5.32 Å². The summed E-state index contributed by atoms with van der Waals surface area (Å²) in [5.74, 6) is -3.15. The molecule has 1 fully saturated rings. The van der Waals surface area contributed by atoms with Gasteiger partial charge in [-0.3, -0.25) is 24.0 Å². The van der Waals surface area contributed by atoms with Crippen molar-refractivity contribution in [3.63, 3.8) is 0 Å². The van der Waals surface area contributed by atoms with Crippen LogP contribution in [0.25, 0.3) is 0 Å². The van der Waals surface area contributed by atoms with Crippen LogP contribution in [-0.4, -0.2) is 92.6 Å². The van der Waals surface area contributed by atoms with Crippen molar-refractivity contribution in [1.29, 1.82) is 0 Å². The number of ether oxygens (including phenoxy) is 7. The van der Waals surface area contributed by atoms with E-state index in [1.807, 2.05) is 30.3 Å². The Hall–Kier alpha value is -3.88. The third-order valence-corrected chi connectivity index (χ3v) is 7.16. The Balaban J connectivity index is 2.33. The number of carbonyl (C=O) groups excluding carboxylic acids is 6. The van der Waals surface area contributed by atoms with E-state index in [9.17, 15) is 28.8 Å². The van der Waals surface area contributed by atoms with Gasteiger partial charge < -0.3 is 43.3 Å². The molecule has 1 aliphatic rings. The minimum atomic E-state index is -1.30. The van der Waals surface area contributed by atoms with Crippen LogP contribution in [0.1, 0.15) is 78.2 Å². The first-order valence-electron chi connectivity index (χ1n) is 15.7. The van der Waals surface area contributed by atoms with Crippen molar-refractivity contribution in [1.82, 2.24) is 5.32 Å². The second-order valence-corrected chi connectivity index (χ2v) is 11.1. The third kappa shape index (κ3) is 15.0. The van der Waals surface area contributed by atoms with Gasteiger partial charge in [-0.15, -0.1) is 0 Å². The second kappa shape index (κ2) is 21.1. The van der Waals surface area contributed by atoms with Crippen LogP contribution in [0.2, 0.25) is 0 Å². The van der Waals surface area contributed by atoms with Crippen LogP contribution in [0.5, 0.6) is 0 Å². The number of Topliss-reactive ketones (excluding diaryl/α,β-unsaturated/α-hetero) is 1. The maximum absolute atomic E-state index is 13.5. The normalized spacial score (nSPS) is 21.2. The molecule has 14 nitrogen and oxygen atoms in total. The van der Waals surface area contributed by atoms with E-state index in [2.05, 4.69) is 10.1 Å². The number of unbranched alkanes of at least 4 members (excludes halogenated alkanes) is 2. The lowest BCUT2D eigenvalue weighted by Crippen LogP contribution is -2.65. The molecule has 1 aliphatic heterocycles. The van der Waals surface area contributed by atoms with E-state index in [1.54, 1.807) is 6.92 Å². The summed E-state index contributed by atoms with van der Waals surface area (Å²) in [4.78, 5) is 72.4. The van der Waals surface area contributed by atoms with E-state index < -0.39 is 60.6 Å². The van der Waals surface area contributed by atoms with Gasteiger partial charge in [-0.25, -0.2) is 0 Å². The van der Waals surface area contributed by atoms with Gasteiger partial charge in [-0.2, -0.15) is 0 Å². The highest BCUT2D eigenvalue weighted by atomic mass is 16.7. The molecule has 0 unspecified atom stereocenters. The predicted octanol–water partition coefficient (Wildman–Crippen LogP) is 2.72. The first-order chi connectivity index (χ1) is 22.4. The Morgan fingerprint density at radius 1 is 0.830 bits per heavy atom. The number of esters is 4. The number of benzene rings is 1. The summed E-state index contributed by atoms with van der Waals surface area (Å²) in [5.41, 5.74) is 0.806. The molecule has 2 rings (SSSR count). The largest absolute Gasteiger partial charge is 0.469 e. The standard InChI is InChI=1S/C33H47NO13/c1-21(35)15-16-28(39)47-31-30(44-20-25-12-8-6-9-13-25)29(34-32(40)26(46-24(4)37)17-19-42-23(3)36)22(2)45-33(31)43-18-11-7-10-14-27(38)41-5/h6,8-9,12-13,22,26,29-31,33H,7,10-11,14-20H2,1-5H3,(H,34,40)/t22-,26-,29-,30+,31+,33+/m1/s1. The van der Waals surface area contributed by atoms with Gasteiger partial charge >= 0.3 is 23.9 Å². The van der Waals surface area contributed by atoms with E-state index in [1.165, 1.54) is 21.0 Å². The van der Waals surface area contributed by atoms with Crippen molar-refractivity contribution in [3.8, 4) is 0 Å². The zero-order chi connectivity index (χ0) is 34.8. The van der Waals surface area contributed by atoms with Crippen LogP contribution in [0.4, 0.5) is 0 Å². The van der Waals surface area contributed by atoms with Crippen LogP contribution in [0.3, 0.4) is 0 Å². The minimum Gasteiger partial charge on any atom is -0.469 e. The quantitative estimate of drug-likeness (QED) is 0.122. The summed E-state index contributed by atoms with van der Waals surface area (Å²) in [6.45, 7) is 5.53. The van der Waals surface area contributed by atoms with Gasteiger partial charge in [0.25, 0.3) is 5.91 Å². The highest BCUT2D eigenvalue weighted by Crippen LogP contribution is 2.29. The zero-order valence-electron chi connectivity index (χ0n) is 27.7. The number of methoxy groups -OCH3 is 1. The molecule has 47 heavy (non-hydrogen) atoms. The first kappa shape index (κ1) is 39.3. The zero-order valence-corrected chi connectivity index (χ0v) is 27.7. The Morgan fingerprint density at radius 2 is 1.55 bits per heavy atom. The lowest BCUT2D eigenvalue weighted by Gasteiger charge is -2.45. The highest BCUT2D eigenvalue weighted by Gasteiger charge is 2.49. The number of hydrogen-bond donors (Lipinski definition) is 1. The number of amides is 1. The Kier molecular flexibility index (Phi) is 17.6.